The first-order valence-corrected chi connectivity index (χ1v) is 7.14. The van der Waals surface area contributed by atoms with E-state index < -0.39 is 16.1 Å². The summed E-state index contributed by atoms with van der Waals surface area (Å²) in [6.45, 7) is 3.62. The Morgan fingerprint density at radius 1 is 1.47 bits per heavy atom. The number of aromatic nitrogens is 1. The van der Waals surface area contributed by atoms with Gasteiger partial charge in [-0.2, -0.15) is 0 Å². The third kappa shape index (κ3) is 5.45. The summed E-state index contributed by atoms with van der Waals surface area (Å²) < 4.78 is 27.7. The van der Waals surface area contributed by atoms with Gasteiger partial charge < -0.3 is 4.74 Å². The van der Waals surface area contributed by atoms with Crippen molar-refractivity contribution in [2.75, 3.05) is 5.75 Å². The van der Waals surface area contributed by atoms with Crippen molar-refractivity contribution in [3.8, 4) is 0 Å². The highest BCUT2D eigenvalue weighted by Crippen LogP contribution is 2.20. The molecule has 0 unspecified atom stereocenters. The van der Waals surface area contributed by atoms with Gasteiger partial charge in [0.2, 0.25) is 10.0 Å². The molecule has 0 fully saturated rings. The largest absolute Gasteiger partial charge is 0.368 e. The van der Waals surface area contributed by atoms with Crippen LogP contribution in [-0.2, 0) is 14.8 Å². The minimum atomic E-state index is -3.63. The fraction of sp³-hybridized carbons (Fsp3) is 0.500. The van der Waals surface area contributed by atoms with Gasteiger partial charge in [-0.1, -0.05) is 11.6 Å². The van der Waals surface area contributed by atoms with E-state index in [9.17, 15) is 8.42 Å². The third-order valence-corrected chi connectivity index (χ3v) is 2.89. The fourth-order valence-electron chi connectivity index (χ4n) is 1.31. The molecule has 96 valence electrons. The van der Waals surface area contributed by atoms with Gasteiger partial charge in [0.05, 0.1) is 22.6 Å². The molecule has 1 rings (SSSR count). The zero-order valence-corrected chi connectivity index (χ0v) is 11.2. The molecule has 2 N–H and O–H groups in total. The standard InChI is InChI=1S/C10H15ClN2O3S/c1-7(2)16-10(6-17(12,14)15)9-4-3-8(11)5-13-9/h3-5,7,10H,6H2,1-2H3,(H2,12,14,15)/t10-/m0/s1. The Balaban J connectivity index is 2.93. The van der Waals surface area contributed by atoms with Crippen LogP contribution in [0.25, 0.3) is 0 Å². The highest BCUT2D eigenvalue weighted by molar-refractivity contribution is 7.89. The number of primary sulfonamides is 1. The summed E-state index contributed by atoms with van der Waals surface area (Å²) in [6, 6.07) is 3.25. The molecule has 17 heavy (non-hydrogen) atoms. The quantitative estimate of drug-likeness (QED) is 0.885. The summed E-state index contributed by atoms with van der Waals surface area (Å²) in [5, 5.41) is 5.50. The maximum Gasteiger partial charge on any atom is 0.212 e. The molecular formula is C10H15ClN2O3S. The van der Waals surface area contributed by atoms with Crippen LogP contribution in [0.15, 0.2) is 18.3 Å². The Morgan fingerprint density at radius 3 is 2.53 bits per heavy atom. The van der Waals surface area contributed by atoms with Gasteiger partial charge in [0.1, 0.15) is 6.10 Å². The summed E-state index contributed by atoms with van der Waals surface area (Å²) >= 11 is 5.71. The molecular weight excluding hydrogens is 264 g/mol. The first-order chi connectivity index (χ1) is 7.78. The molecule has 0 amide bonds. The fourth-order valence-corrected chi connectivity index (χ4v) is 2.09. The van der Waals surface area contributed by atoms with E-state index >= 15 is 0 Å². The van der Waals surface area contributed by atoms with Gasteiger partial charge in [0.15, 0.2) is 0 Å². The Kier molecular flexibility index (Phi) is 4.88. The van der Waals surface area contributed by atoms with E-state index in [2.05, 4.69) is 4.98 Å². The van der Waals surface area contributed by atoms with E-state index in [1.54, 1.807) is 12.1 Å². The maximum absolute atomic E-state index is 11.1. The van der Waals surface area contributed by atoms with Crippen LogP contribution in [-0.4, -0.2) is 25.3 Å². The molecule has 0 aliphatic carbocycles. The van der Waals surface area contributed by atoms with Crippen molar-refractivity contribution in [3.05, 3.63) is 29.0 Å². The highest BCUT2D eigenvalue weighted by Gasteiger charge is 2.21. The normalized spacial score (nSPS) is 13.9. The summed E-state index contributed by atoms with van der Waals surface area (Å²) in [7, 11) is -3.63. The molecule has 0 aromatic carbocycles. The minimum absolute atomic E-state index is 0.126. The number of nitrogens with two attached hydrogens (primary N) is 1. The molecule has 0 saturated carbocycles. The molecule has 0 radical (unpaired) electrons. The summed E-state index contributed by atoms with van der Waals surface area (Å²) in [6.07, 6.45) is 0.637. The van der Waals surface area contributed by atoms with Crippen LogP contribution >= 0.6 is 11.6 Å². The topological polar surface area (TPSA) is 82.3 Å². The first-order valence-electron chi connectivity index (χ1n) is 5.05. The van der Waals surface area contributed by atoms with Gasteiger partial charge in [0.25, 0.3) is 0 Å². The second-order valence-corrected chi connectivity index (χ2v) is 6.00. The van der Waals surface area contributed by atoms with Crippen molar-refractivity contribution >= 4 is 21.6 Å². The second kappa shape index (κ2) is 5.77. The summed E-state index contributed by atoms with van der Waals surface area (Å²) in [4.78, 5) is 4.04. The number of sulfonamides is 1. The lowest BCUT2D eigenvalue weighted by atomic mass is 10.2. The van der Waals surface area contributed by atoms with Crippen LogP contribution in [0, 0.1) is 0 Å². The molecule has 5 nitrogen and oxygen atoms in total. The SMILES string of the molecule is CC(C)O[C@@H](CS(N)(=O)=O)c1ccc(Cl)cn1. The molecule has 0 aliphatic rings. The average molecular weight is 279 g/mol. The Bertz CT molecular complexity index is 459. The van der Waals surface area contributed by atoms with Crippen molar-refractivity contribution in [2.24, 2.45) is 5.14 Å². The zero-order valence-electron chi connectivity index (χ0n) is 9.63. The van der Waals surface area contributed by atoms with Crippen molar-refractivity contribution in [1.29, 1.82) is 0 Å². The van der Waals surface area contributed by atoms with Gasteiger partial charge in [0, 0.05) is 6.20 Å². The van der Waals surface area contributed by atoms with Crippen molar-refractivity contribution < 1.29 is 13.2 Å². The van der Waals surface area contributed by atoms with Gasteiger partial charge in [-0.25, -0.2) is 13.6 Å². The monoisotopic (exact) mass is 278 g/mol. The van der Waals surface area contributed by atoms with Crippen LogP contribution in [0.2, 0.25) is 5.02 Å². The molecule has 0 spiro atoms. The van der Waals surface area contributed by atoms with Crippen molar-refractivity contribution in [3.63, 3.8) is 0 Å². The Labute approximate surface area is 106 Å². The number of hydrogen-bond donors (Lipinski definition) is 1. The number of halogens is 1. The van der Waals surface area contributed by atoms with Crippen LogP contribution in [0.4, 0.5) is 0 Å². The van der Waals surface area contributed by atoms with E-state index in [0.717, 1.165) is 0 Å². The predicted molar refractivity (Wildman–Crippen MR) is 66.2 cm³/mol. The first kappa shape index (κ1) is 14.4. The number of ether oxygens (including phenoxy) is 1. The molecule has 0 saturated heterocycles. The maximum atomic E-state index is 11.1. The van der Waals surface area contributed by atoms with E-state index in [1.807, 2.05) is 13.8 Å². The Morgan fingerprint density at radius 2 is 2.12 bits per heavy atom. The van der Waals surface area contributed by atoms with Gasteiger partial charge in [-0.05, 0) is 26.0 Å². The molecule has 1 aromatic rings. The number of pyridine rings is 1. The minimum Gasteiger partial charge on any atom is -0.368 e. The van der Waals surface area contributed by atoms with Gasteiger partial charge >= 0.3 is 0 Å². The lowest BCUT2D eigenvalue weighted by molar-refractivity contribution is 0.0174. The zero-order chi connectivity index (χ0) is 13.1. The molecule has 0 aliphatic heterocycles. The smallest absolute Gasteiger partial charge is 0.212 e. The third-order valence-electron chi connectivity index (χ3n) is 1.90. The van der Waals surface area contributed by atoms with Gasteiger partial charge in [-0.15, -0.1) is 0 Å². The number of hydrogen-bond acceptors (Lipinski definition) is 4. The van der Waals surface area contributed by atoms with Crippen LogP contribution in [0.5, 0.6) is 0 Å². The van der Waals surface area contributed by atoms with E-state index in [-0.39, 0.29) is 11.9 Å². The van der Waals surface area contributed by atoms with E-state index in [0.29, 0.717) is 10.7 Å². The number of rotatable bonds is 5. The van der Waals surface area contributed by atoms with E-state index in [4.69, 9.17) is 21.5 Å². The summed E-state index contributed by atoms with van der Waals surface area (Å²) in [5.41, 5.74) is 0.497. The van der Waals surface area contributed by atoms with E-state index in [1.165, 1.54) is 6.20 Å². The molecule has 0 bridgehead atoms. The molecule has 1 atom stereocenters. The molecule has 7 heteroatoms. The van der Waals surface area contributed by atoms with Gasteiger partial charge in [-0.3, -0.25) is 4.98 Å². The second-order valence-electron chi connectivity index (χ2n) is 3.90. The lowest BCUT2D eigenvalue weighted by Gasteiger charge is -2.18. The molecule has 1 aromatic heterocycles. The highest BCUT2D eigenvalue weighted by atomic mass is 35.5. The van der Waals surface area contributed by atoms with Crippen LogP contribution < -0.4 is 5.14 Å². The lowest BCUT2D eigenvalue weighted by Crippen LogP contribution is -2.25. The molecule has 1 heterocycles. The van der Waals surface area contributed by atoms with Crippen LogP contribution in [0.1, 0.15) is 25.6 Å². The van der Waals surface area contributed by atoms with Crippen LogP contribution in [0.3, 0.4) is 0 Å². The average Bonchev–Trinajstić information content (AvgIpc) is 2.14. The van der Waals surface area contributed by atoms with Crippen molar-refractivity contribution in [1.82, 2.24) is 4.98 Å². The predicted octanol–water partition coefficient (Wildman–Crippen LogP) is 1.49. The number of nitrogens with zero attached hydrogens (tertiary/aromatic N) is 1. The Hall–Kier alpha value is -0.690. The summed E-state index contributed by atoms with van der Waals surface area (Å²) in [5.74, 6) is -0.306. The van der Waals surface area contributed by atoms with Crippen molar-refractivity contribution in [2.45, 2.75) is 26.1 Å².